The van der Waals surface area contributed by atoms with Crippen LogP contribution in [0.1, 0.15) is 24.8 Å². The van der Waals surface area contributed by atoms with E-state index < -0.39 is 0 Å². The molecule has 0 spiro atoms. The molecule has 7 nitrogen and oxygen atoms in total. The summed E-state index contributed by atoms with van der Waals surface area (Å²) in [7, 11) is 0. The highest BCUT2D eigenvalue weighted by Crippen LogP contribution is 2.41. The van der Waals surface area contributed by atoms with Gasteiger partial charge in [0.25, 0.3) is 5.69 Å². The second-order valence-corrected chi connectivity index (χ2v) is 7.86. The van der Waals surface area contributed by atoms with Crippen LogP contribution in [-0.4, -0.2) is 48.5 Å². The molecule has 1 amide bonds. The van der Waals surface area contributed by atoms with Crippen molar-refractivity contribution in [2.24, 2.45) is 0 Å². The third-order valence-electron chi connectivity index (χ3n) is 6.07. The molecule has 0 unspecified atom stereocenters. The number of nitro benzene ring substituents is 1. The van der Waals surface area contributed by atoms with Gasteiger partial charge in [-0.25, -0.2) is 0 Å². The first-order valence-corrected chi connectivity index (χ1v) is 10.1. The molecule has 4 rings (SSSR count). The molecule has 2 aliphatic rings. The average molecular weight is 394 g/mol. The molecular formula is C22H26N4O3. The smallest absolute Gasteiger partial charge is 0.292 e. The fraction of sp³-hybridized carbons (Fsp3) is 0.409. The summed E-state index contributed by atoms with van der Waals surface area (Å²) >= 11 is 0. The summed E-state index contributed by atoms with van der Waals surface area (Å²) in [6.07, 6.45) is 3.09. The van der Waals surface area contributed by atoms with Crippen molar-refractivity contribution in [2.75, 3.05) is 37.6 Å². The van der Waals surface area contributed by atoms with E-state index in [1.807, 2.05) is 29.2 Å². The van der Waals surface area contributed by atoms with Crippen LogP contribution in [0.25, 0.3) is 0 Å². The Morgan fingerprint density at radius 1 is 1.00 bits per heavy atom. The quantitative estimate of drug-likeness (QED) is 0.602. The third kappa shape index (κ3) is 4.10. The minimum Gasteiger partial charge on any atom is -0.363 e. The van der Waals surface area contributed by atoms with Gasteiger partial charge in [-0.3, -0.25) is 19.8 Å². The largest absolute Gasteiger partial charge is 0.363 e. The van der Waals surface area contributed by atoms with Crippen molar-refractivity contribution in [3.63, 3.8) is 0 Å². The van der Waals surface area contributed by atoms with Crippen molar-refractivity contribution < 1.29 is 9.72 Å². The van der Waals surface area contributed by atoms with Crippen molar-refractivity contribution in [1.82, 2.24) is 10.2 Å². The predicted octanol–water partition coefficient (Wildman–Crippen LogP) is 2.91. The van der Waals surface area contributed by atoms with E-state index in [-0.39, 0.29) is 22.1 Å². The highest BCUT2D eigenvalue weighted by molar-refractivity contribution is 5.79. The first-order chi connectivity index (χ1) is 14.1. The van der Waals surface area contributed by atoms with Crippen LogP contribution in [-0.2, 0) is 10.3 Å². The topological polar surface area (TPSA) is 78.7 Å². The summed E-state index contributed by atoms with van der Waals surface area (Å²) in [6, 6.07) is 17.0. The van der Waals surface area contributed by atoms with Gasteiger partial charge in [-0.1, -0.05) is 42.5 Å². The molecule has 2 aromatic carbocycles. The van der Waals surface area contributed by atoms with E-state index in [1.165, 1.54) is 11.6 Å². The summed E-state index contributed by atoms with van der Waals surface area (Å²) in [4.78, 5) is 27.8. The fourth-order valence-electron chi connectivity index (χ4n) is 4.32. The van der Waals surface area contributed by atoms with E-state index in [1.54, 1.807) is 12.1 Å². The number of hydrogen-bond acceptors (Lipinski definition) is 5. The van der Waals surface area contributed by atoms with Crippen LogP contribution < -0.4 is 10.2 Å². The van der Waals surface area contributed by atoms with Gasteiger partial charge < -0.3 is 10.2 Å². The van der Waals surface area contributed by atoms with E-state index in [2.05, 4.69) is 22.3 Å². The molecule has 29 heavy (non-hydrogen) atoms. The SMILES string of the molecule is O=C(CN1CCN(c2ccccc2[N+](=O)[O-])CC1)NC1(c2ccccc2)CCC1. The molecule has 0 aromatic heterocycles. The van der Waals surface area contributed by atoms with Crippen molar-refractivity contribution >= 4 is 17.3 Å². The first-order valence-electron chi connectivity index (χ1n) is 10.1. The lowest BCUT2D eigenvalue weighted by atomic mass is 9.72. The average Bonchev–Trinajstić information content (AvgIpc) is 2.72. The fourth-order valence-corrected chi connectivity index (χ4v) is 4.32. The molecule has 7 heteroatoms. The molecule has 1 heterocycles. The third-order valence-corrected chi connectivity index (χ3v) is 6.07. The normalized spacial score (nSPS) is 18.7. The number of para-hydroxylation sites is 2. The maximum absolute atomic E-state index is 12.7. The second kappa shape index (κ2) is 8.21. The van der Waals surface area contributed by atoms with E-state index >= 15 is 0 Å². The maximum Gasteiger partial charge on any atom is 0.292 e. The molecule has 1 N–H and O–H groups in total. The Kier molecular flexibility index (Phi) is 5.49. The summed E-state index contributed by atoms with van der Waals surface area (Å²) in [5.74, 6) is 0.0488. The number of benzene rings is 2. The molecule has 152 valence electrons. The Hall–Kier alpha value is -2.93. The molecule has 0 atom stereocenters. The Balaban J connectivity index is 1.33. The van der Waals surface area contributed by atoms with Gasteiger partial charge in [-0.05, 0) is 30.9 Å². The lowest BCUT2D eigenvalue weighted by Gasteiger charge is -2.44. The Morgan fingerprint density at radius 2 is 1.66 bits per heavy atom. The Bertz CT molecular complexity index is 875. The van der Waals surface area contributed by atoms with Crippen molar-refractivity contribution in [3.05, 3.63) is 70.3 Å². The monoisotopic (exact) mass is 394 g/mol. The molecule has 2 fully saturated rings. The van der Waals surface area contributed by atoms with Gasteiger partial charge >= 0.3 is 0 Å². The number of carbonyl (C=O) groups is 1. The minimum atomic E-state index is -0.337. The highest BCUT2D eigenvalue weighted by Gasteiger charge is 2.40. The van der Waals surface area contributed by atoms with Gasteiger partial charge in [0, 0.05) is 32.2 Å². The summed E-state index contributed by atoms with van der Waals surface area (Å²) in [6.45, 7) is 3.11. The Morgan fingerprint density at radius 3 is 2.28 bits per heavy atom. The van der Waals surface area contributed by atoms with Gasteiger partial charge in [0.15, 0.2) is 0 Å². The van der Waals surface area contributed by atoms with Crippen LogP contribution in [0.5, 0.6) is 0 Å². The zero-order valence-electron chi connectivity index (χ0n) is 16.4. The number of nitrogens with one attached hydrogen (secondary N) is 1. The van der Waals surface area contributed by atoms with E-state index in [0.717, 1.165) is 19.3 Å². The first kappa shape index (κ1) is 19.4. The molecule has 2 aromatic rings. The number of rotatable bonds is 6. The molecule has 1 saturated carbocycles. The number of anilines is 1. The van der Waals surface area contributed by atoms with Crippen LogP contribution in [0.15, 0.2) is 54.6 Å². The number of carbonyl (C=O) groups excluding carboxylic acids is 1. The van der Waals surface area contributed by atoms with Gasteiger partial charge in [0.1, 0.15) is 5.69 Å². The Labute approximate surface area is 170 Å². The summed E-state index contributed by atoms with van der Waals surface area (Å²) in [5, 5.41) is 14.6. The lowest BCUT2D eigenvalue weighted by Crippen LogP contribution is -2.55. The van der Waals surface area contributed by atoms with Crippen LogP contribution >= 0.6 is 0 Å². The predicted molar refractivity (Wildman–Crippen MR) is 112 cm³/mol. The lowest BCUT2D eigenvalue weighted by molar-refractivity contribution is -0.384. The van der Waals surface area contributed by atoms with Gasteiger partial charge in [0.2, 0.25) is 5.91 Å². The molecule has 1 aliphatic carbocycles. The summed E-state index contributed by atoms with van der Waals surface area (Å²) in [5.41, 5.74) is 1.75. The molecule has 0 bridgehead atoms. The van der Waals surface area contributed by atoms with Crippen LogP contribution in [0.4, 0.5) is 11.4 Å². The minimum absolute atomic E-state index is 0.0488. The molecule has 0 radical (unpaired) electrons. The van der Waals surface area contributed by atoms with E-state index in [0.29, 0.717) is 38.4 Å². The number of hydrogen-bond donors (Lipinski definition) is 1. The van der Waals surface area contributed by atoms with E-state index in [9.17, 15) is 14.9 Å². The zero-order valence-corrected chi connectivity index (χ0v) is 16.4. The second-order valence-electron chi connectivity index (χ2n) is 7.86. The van der Waals surface area contributed by atoms with Gasteiger partial charge in [-0.15, -0.1) is 0 Å². The highest BCUT2D eigenvalue weighted by atomic mass is 16.6. The number of nitrogens with zero attached hydrogens (tertiary/aromatic N) is 3. The van der Waals surface area contributed by atoms with Crippen molar-refractivity contribution in [1.29, 1.82) is 0 Å². The van der Waals surface area contributed by atoms with Crippen molar-refractivity contribution in [3.8, 4) is 0 Å². The van der Waals surface area contributed by atoms with Gasteiger partial charge in [0.05, 0.1) is 17.0 Å². The maximum atomic E-state index is 12.7. The molecule has 1 aliphatic heterocycles. The summed E-state index contributed by atoms with van der Waals surface area (Å²) < 4.78 is 0. The van der Waals surface area contributed by atoms with Crippen LogP contribution in [0, 0.1) is 10.1 Å². The van der Waals surface area contributed by atoms with Crippen LogP contribution in [0.2, 0.25) is 0 Å². The zero-order chi connectivity index (χ0) is 20.3. The van der Waals surface area contributed by atoms with Crippen LogP contribution in [0.3, 0.4) is 0 Å². The number of nitro groups is 1. The number of piperazine rings is 1. The molecular weight excluding hydrogens is 368 g/mol. The van der Waals surface area contributed by atoms with Crippen molar-refractivity contribution in [2.45, 2.75) is 24.8 Å². The number of amides is 1. The standard InChI is InChI=1S/C22H26N4O3/c27-21(23-22(11-6-12-22)18-7-2-1-3-8-18)17-24-13-15-25(16-14-24)19-9-4-5-10-20(19)26(28)29/h1-5,7-10H,6,11-17H2,(H,23,27). The molecule has 1 saturated heterocycles. The van der Waals surface area contributed by atoms with E-state index in [4.69, 9.17) is 0 Å². The van der Waals surface area contributed by atoms with Gasteiger partial charge in [-0.2, -0.15) is 0 Å².